The molecule has 1 fully saturated rings. The fourth-order valence-corrected chi connectivity index (χ4v) is 1.63. The van der Waals surface area contributed by atoms with Gasteiger partial charge < -0.3 is 19.3 Å². The highest BCUT2D eigenvalue weighted by molar-refractivity contribution is 5.91. The molecule has 0 spiro atoms. The lowest BCUT2D eigenvalue weighted by Gasteiger charge is -2.31. The van der Waals surface area contributed by atoms with Crippen molar-refractivity contribution in [3.05, 3.63) is 17.5 Å². The molecule has 1 aromatic heterocycles. The number of rotatable bonds is 2. The predicted octanol–water partition coefficient (Wildman–Crippen LogP) is -0.184. The minimum Gasteiger partial charge on any atom is -0.394 e. The Morgan fingerprint density at radius 2 is 2.56 bits per heavy atom. The maximum atomic E-state index is 11.9. The van der Waals surface area contributed by atoms with E-state index in [2.05, 4.69) is 5.16 Å². The van der Waals surface area contributed by atoms with Gasteiger partial charge in [-0.2, -0.15) is 0 Å². The summed E-state index contributed by atoms with van der Waals surface area (Å²) in [4.78, 5) is 13.5. The summed E-state index contributed by atoms with van der Waals surface area (Å²) in [6.45, 7) is 3.00. The quantitative estimate of drug-likeness (QED) is 0.756. The van der Waals surface area contributed by atoms with Crippen LogP contribution in [0.15, 0.2) is 10.6 Å². The van der Waals surface area contributed by atoms with Gasteiger partial charge in [0.2, 0.25) is 5.76 Å². The molecule has 0 aliphatic carbocycles. The molecule has 1 aliphatic heterocycles. The van der Waals surface area contributed by atoms with Gasteiger partial charge in [0.15, 0.2) is 0 Å². The highest BCUT2D eigenvalue weighted by atomic mass is 16.5. The van der Waals surface area contributed by atoms with Crippen molar-refractivity contribution in [3.8, 4) is 0 Å². The van der Waals surface area contributed by atoms with E-state index in [9.17, 15) is 4.79 Å². The van der Waals surface area contributed by atoms with Crippen molar-refractivity contribution >= 4 is 5.91 Å². The van der Waals surface area contributed by atoms with Crippen LogP contribution in [0.25, 0.3) is 0 Å². The largest absolute Gasteiger partial charge is 0.394 e. The maximum Gasteiger partial charge on any atom is 0.292 e. The second kappa shape index (κ2) is 4.63. The summed E-state index contributed by atoms with van der Waals surface area (Å²) >= 11 is 0. The monoisotopic (exact) mass is 226 g/mol. The first-order valence-corrected chi connectivity index (χ1v) is 5.15. The first kappa shape index (κ1) is 11.1. The van der Waals surface area contributed by atoms with Crippen LogP contribution in [0.1, 0.15) is 16.2 Å². The first-order valence-electron chi connectivity index (χ1n) is 5.15. The van der Waals surface area contributed by atoms with Crippen molar-refractivity contribution in [2.45, 2.75) is 13.0 Å². The van der Waals surface area contributed by atoms with E-state index in [1.165, 1.54) is 0 Å². The molecule has 1 N–H and O–H groups in total. The van der Waals surface area contributed by atoms with E-state index in [1.807, 2.05) is 0 Å². The molecule has 1 amide bonds. The van der Waals surface area contributed by atoms with E-state index in [1.54, 1.807) is 17.9 Å². The van der Waals surface area contributed by atoms with Crippen LogP contribution >= 0.6 is 0 Å². The summed E-state index contributed by atoms with van der Waals surface area (Å²) in [5.41, 5.74) is 0.676. The molecule has 6 heteroatoms. The van der Waals surface area contributed by atoms with Gasteiger partial charge in [-0.3, -0.25) is 4.79 Å². The normalized spacial score (nSPS) is 21.1. The standard InChI is InChI=1S/C10H14N2O4/c1-7-4-9(16-11-7)10(14)12-2-3-15-8(5-12)6-13/h4,8,13H,2-3,5-6H2,1H3. The number of morpholine rings is 1. The lowest BCUT2D eigenvalue weighted by Crippen LogP contribution is -2.46. The van der Waals surface area contributed by atoms with E-state index >= 15 is 0 Å². The van der Waals surface area contributed by atoms with Crippen LogP contribution in [0.5, 0.6) is 0 Å². The predicted molar refractivity (Wildman–Crippen MR) is 54.0 cm³/mol. The Hall–Kier alpha value is -1.40. The molecule has 1 aromatic rings. The molecule has 0 bridgehead atoms. The van der Waals surface area contributed by atoms with Crippen molar-refractivity contribution in [1.82, 2.24) is 10.1 Å². The van der Waals surface area contributed by atoms with Crippen LogP contribution in [-0.2, 0) is 4.74 Å². The zero-order valence-corrected chi connectivity index (χ0v) is 9.05. The van der Waals surface area contributed by atoms with Gasteiger partial charge in [0.05, 0.1) is 25.0 Å². The summed E-state index contributed by atoms with van der Waals surface area (Å²) in [6, 6.07) is 1.60. The lowest BCUT2D eigenvalue weighted by atomic mass is 10.2. The number of ether oxygens (including phenoxy) is 1. The highest BCUT2D eigenvalue weighted by Gasteiger charge is 2.26. The van der Waals surface area contributed by atoms with Crippen molar-refractivity contribution in [1.29, 1.82) is 0 Å². The van der Waals surface area contributed by atoms with Crippen molar-refractivity contribution in [2.75, 3.05) is 26.3 Å². The van der Waals surface area contributed by atoms with Gasteiger partial charge in [0.1, 0.15) is 0 Å². The number of aromatic nitrogens is 1. The SMILES string of the molecule is Cc1cc(C(=O)N2CCOC(CO)C2)on1. The molecule has 2 heterocycles. The Morgan fingerprint density at radius 3 is 3.19 bits per heavy atom. The Bertz CT molecular complexity index is 377. The zero-order chi connectivity index (χ0) is 11.5. The van der Waals surface area contributed by atoms with Gasteiger partial charge in [0.25, 0.3) is 5.91 Å². The van der Waals surface area contributed by atoms with Crippen molar-refractivity contribution in [2.24, 2.45) is 0 Å². The third-order valence-corrected chi connectivity index (χ3v) is 2.47. The number of carbonyl (C=O) groups excluding carboxylic acids is 1. The van der Waals surface area contributed by atoms with Crippen LogP contribution in [0.4, 0.5) is 0 Å². The number of nitrogens with zero attached hydrogens (tertiary/aromatic N) is 2. The van der Waals surface area contributed by atoms with Crippen LogP contribution in [-0.4, -0.2) is 53.5 Å². The molecule has 0 radical (unpaired) electrons. The fourth-order valence-electron chi connectivity index (χ4n) is 1.63. The highest BCUT2D eigenvalue weighted by Crippen LogP contribution is 2.11. The number of hydrogen-bond donors (Lipinski definition) is 1. The zero-order valence-electron chi connectivity index (χ0n) is 9.05. The Labute approximate surface area is 92.8 Å². The van der Waals surface area contributed by atoms with E-state index in [0.29, 0.717) is 25.4 Å². The molecule has 1 saturated heterocycles. The Kier molecular flexibility index (Phi) is 3.21. The van der Waals surface area contributed by atoms with E-state index in [-0.39, 0.29) is 24.4 Å². The smallest absolute Gasteiger partial charge is 0.292 e. The third kappa shape index (κ3) is 2.23. The van der Waals surface area contributed by atoms with Crippen molar-refractivity contribution < 1.29 is 19.2 Å². The summed E-state index contributed by atoms with van der Waals surface area (Å²) in [7, 11) is 0. The number of aliphatic hydroxyl groups excluding tert-OH is 1. The molecule has 88 valence electrons. The van der Waals surface area contributed by atoms with Crippen LogP contribution in [0, 0.1) is 6.92 Å². The first-order chi connectivity index (χ1) is 7.70. The van der Waals surface area contributed by atoms with Crippen molar-refractivity contribution in [3.63, 3.8) is 0 Å². The molecule has 1 aliphatic rings. The van der Waals surface area contributed by atoms with Crippen LogP contribution < -0.4 is 0 Å². The lowest BCUT2D eigenvalue weighted by molar-refractivity contribution is -0.0455. The minimum absolute atomic E-state index is 0.0841. The number of amides is 1. The van der Waals surface area contributed by atoms with Gasteiger partial charge in [0, 0.05) is 19.2 Å². The molecular weight excluding hydrogens is 212 g/mol. The van der Waals surface area contributed by atoms with Crippen LogP contribution in [0.2, 0.25) is 0 Å². The fraction of sp³-hybridized carbons (Fsp3) is 0.600. The van der Waals surface area contributed by atoms with E-state index in [4.69, 9.17) is 14.4 Å². The second-order valence-corrected chi connectivity index (χ2v) is 3.76. The Morgan fingerprint density at radius 1 is 1.75 bits per heavy atom. The number of aliphatic hydroxyl groups is 1. The molecule has 1 unspecified atom stereocenters. The molecule has 6 nitrogen and oxygen atoms in total. The Balaban J connectivity index is 2.04. The summed E-state index contributed by atoms with van der Waals surface area (Å²) < 4.78 is 10.2. The molecule has 0 aromatic carbocycles. The minimum atomic E-state index is -0.304. The average Bonchev–Trinajstić information content (AvgIpc) is 2.75. The summed E-state index contributed by atoms with van der Waals surface area (Å²) in [5.74, 6) is 0.0263. The average molecular weight is 226 g/mol. The number of carbonyl (C=O) groups is 1. The van der Waals surface area contributed by atoms with Gasteiger partial charge in [-0.25, -0.2) is 0 Å². The summed E-state index contributed by atoms with van der Waals surface area (Å²) in [5, 5.41) is 12.6. The van der Waals surface area contributed by atoms with Gasteiger partial charge >= 0.3 is 0 Å². The molecule has 16 heavy (non-hydrogen) atoms. The van der Waals surface area contributed by atoms with Gasteiger partial charge in [-0.15, -0.1) is 0 Å². The van der Waals surface area contributed by atoms with Gasteiger partial charge in [-0.1, -0.05) is 5.16 Å². The summed E-state index contributed by atoms with van der Waals surface area (Å²) in [6.07, 6.45) is -0.304. The van der Waals surface area contributed by atoms with Gasteiger partial charge in [-0.05, 0) is 6.92 Å². The molecular formula is C10H14N2O4. The van der Waals surface area contributed by atoms with Crippen LogP contribution in [0.3, 0.4) is 0 Å². The molecule has 1 atom stereocenters. The van der Waals surface area contributed by atoms with E-state index in [0.717, 1.165) is 0 Å². The molecule has 0 saturated carbocycles. The third-order valence-electron chi connectivity index (χ3n) is 2.47. The maximum absolute atomic E-state index is 11.9. The number of aryl methyl sites for hydroxylation is 1. The number of hydrogen-bond acceptors (Lipinski definition) is 5. The topological polar surface area (TPSA) is 75.8 Å². The molecule has 2 rings (SSSR count). The second-order valence-electron chi connectivity index (χ2n) is 3.76. The van der Waals surface area contributed by atoms with E-state index < -0.39 is 0 Å².